The Balaban J connectivity index is 2.09. The molecule has 1 saturated carbocycles. The minimum absolute atomic E-state index is 0.977. The monoisotopic (exact) mass is 190 g/mol. The lowest BCUT2D eigenvalue weighted by Gasteiger charge is -2.19. The largest absolute Gasteiger partial charge is 0.130 e. The molecule has 0 aromatic heterocycles. The van der Waals surface area contributed by atoms with Crippen LogP contribution in [0.2, 0.25) is 0 Å². The number of allylic oxidation sites excluding steroid dienone is 3. The highest BCUT2D eigenvalue weighted by molar-refractivity contribution is 4.93. The molecular formula is C14H22. The Morgan fingerprint density at radius 1 is 1.14 bits per heavy atom. The van der Waals surface area contributed by atoms with Gasteiger partial charge in [-0.15, -0.1) is 5.73 Å². The Hall–Kier alpha value is -0.740. The average molecular weight is 190 g/mol. The molecule has 1 aliphatic carbocycles. The van der Waals surface area contributed by atoms with E-state index in [1.165, 1.54) is 38.5 Å². The molecule has 0 heteroatoms. The summed E-state index contributed by atoms with van der Waals surface area (Å²) in [6.07, 6.45) is 18.3. The van der Waals surface area contributed by atoms with Gasteiger partial charge in [-0.3, -0.25) is 0 Å². The van der Waals surface area contributed by atoms with Crippen molar-refractivity contribution in [2.75, 3.05) is 0 Å². The summed E-state index contributed by atoms with van der Waals surface area (Å²) in [5, 5.41) is 0. The average Bonchev–Trinajstić information content (AvgIpc) is 2.25. The quantitative estimate of drug-likeness (QED) is 0.447. The maximum absolute atomic E-state index is 3.09. The Bertz CT molecular complexity index is 210. The van der Waals surface area contributed by atoms with Gasteiger partial charge in [0.05, 0.1) is 0 Å². The van der Waals surface area contributed by atoms with E-state index in [-0.39, 0.29) is 0 Å². The molecule has 0 heterocycles. The molecule has 1 fully saturated rings. The third-order valence-electron chi connectivity index (χ3n) is 2.90. The first-order chi connectivity index (χ1) is 6.93. The molecule has 0 amide bonds. The SMILES string of the molecule is CC=C=CCC=CCC1CCCCC1. The molecule has 0 aliphatic heterocycles. The van der Waals surface area contributed by atoms with Crippen molar-refractivity contribution < 1.29 is 0 Å². The Kier molecular flexibility index (Phi) is 6.19. The van der Waals surface area contributed by atoms with E-state index in [4.69, 9.17) is 0 Å². The summed E-state index contributed by atoms with van der Waals surface area (Å²) in [6.45, 7) is 2.00. The molecule has 1 rings (SSSR count). The Morgan fingerprint density at radius 3 is 2.64 bits per heavy atom. The molecule has 0 bridgehead atoms. The normalized spacial score (nSPS) is 18.1. The van der Waals surface area contributed by atoms with Crippen molar-refractivity contribution in [3.05, 3.63) is 30.0 Å². The smallest absolute Gasteiger partial charge is 0.00930 e. The third-order valence-corrected chi connectivity index (χ3v) is 2.90. The summed E-state index contributed by atoms with van der Waals surface area (Å²) in [6, 6.07) is 0. The number of hydrogen-bond acceptors (Lipinski definition) is 0. The van der Waals surface area contributed by atoms with E-state index in [2.05, 4.69) is 24.0 Å². The van der Waals surface area contributed by atoms with Crippen LogP contribution in [0.4, 0.5) is 0 Å². The molecule has 0 nitrogen and oxygen atoms in total. The van der Waals surface area contributed by atoms with E-state index in [9.17, 15) is 0 Å². The van der Waals surface area contributed by atoms with E-state index in [0.29, 0.717) is 0 Å². The van der Waals surface area contributed by atoms with Crippen LogP contribution >= 0.6 is 0 Å². The molecule has 0 saturated heterocycles. The molecular weight excluding hydrogens is 168 g/mol. The van der Waals surface area contributed by atoms with E-state index in [1.54, 1.807) is 0 Å². The van der Waals surface area contributed by atoms with E-state index < -0.39 is 0 Å². The van der Waals surface area contributed by atoms with Gasteiger partial charge in [0.15, 0.2) is 0 Å². The van der Waals surface area contributed by atoms with Crippen LogP contribution in [0, 0.1) is 5.92 Å². The summed E-state index contributed by atoms with van der Waals surface area (Å²) in [5.74, 6) is 0.977. The van der Waals surface area contributed by atoms with Crippen LogP contribution in [0.5, 0.6) is 0 Å². The van der Waals surface area contributed by atoms with Crippen molar-refractivity contribution in [3.63, 3.8) is 0 Å². The fourth-order valence-corrected chi connectivity index (χ4v) is 2.06. The predicted octanol–water partition coefficient (Wildman–Crippen LogP) is 4.63. The zero-order chi connectivity index (χ0) is 10.1. The van der Waals surface area contributed by atoms with Crippen LogP contribution in [-0.2, 0) is 0 Å². The number of rotatable bonds is 4. The molecule has 0 aromatic rings. The predicted molar refractivity (Wildman–Crippen MR) is 63.3 cm³/mol. The van der Waals surface area contributed by atoms with Gasteiger partial charge in [0, 0.05) is 0 Å². The van der Waals surface area contributed by atoms with Crippen LogP contribution < -0.4 is 0 Å². The second kappa shape index (κ2) is 7.64. The first kappa shape index (κ1) is 11.3. The van der Waals surface area contributed by atoms with Gasteiger partial charge >= 0.3 is 0 Å². The van der Waals surface area contributed by atoms with Crippen molar-refractivity contribution >= 4 is 0 Å². The summed E-state index contributed by atoms with van der Waals surface area (Å²) in [4.78, 5) is 0. The summed E-state index contributed by atoms with van der Waals surface area (Å²) in [5.41, 5.74) is 3.09. The van der Waals surface area contributed by atoms with Crippen molar-refractivity contribution in [1.29, 1.82) is 0 Å². The van der Waals surface area contributed by atoms with Gasteiger partial charge in [-0.25, -0.2) is 0 Å². The lowest BCUT2D eigenvalue weighted by atomic mass is 9.87. The first-order valence-electron chi connectivity index (χ1n) is 5.94. The van der Waals surface area contributed by atoms with Gasteiger partial charge < -0.3 is 0 Å². The highest BCUT2D eigenvalue weighted by Crippen LogP contribution is 2.26. The second-order valence-corrected chi connectivity index (χ2v) is 4.11. The van der Waals surface area contributed by atoms with Crippen molar-refractivity contribution in [2.24, 2.45) is 5.92 Å². The van der Waals surface area contributed by atoms with Crippen LogP contribution in [-0.4, -0.2) is 0 Å². The maximum atomic E-state index is 3.09. The van der Waals surface area contributed by atoms with Crippen molar-refractivity contribution in [3.8, 4) is 0 Å². The summed E-state index contributed by atoms with van der Waals surface area (Å²) < 4.78 is 0. The fourth-order valence-electron chi connectivity index (χ4n) is 2.06. The van der Waals surface area contributed by atoms with Crippen molar-refractivity contribution in [2.45, 2.75) is 51.9 Å². The molecule has 14 heavy (non-hydrogen) atoms. The zero-order valence-corrected chi connectivity index (χ0v) is 9.34. The molecule has 0 atom stereocenters. The van der Waals surface area contributed by atoms with Gasteiger partial charge in [-0.1, -0.05) is 44.3 Å². The summed E-state index contributed by atoms with van der Waals surface area (Å²) in [7, 11) is 0. The zero-order valence-electron chi connectivity index (χ0n) is 9.34. The van der Waals surface area contributed by atoms with E-state index >= 15 is 0 Å². The molecule has 0 spiro atoms. The van der Waals surface area contributed by atoms with Crippen LogP contribution in [0.25, 0.3) is 0 Å². The molecule has 1 aliphatic rings. The first-order valence-corrected chi connectivity index (χ1v) is 5.94. The lowest BCUT2D eigenvalue weighted by molar-refractivity contribution is 0.361. The van der Waals surface area contributed by atoms with Crippen LogP contribution in [0.15, 0.2) is 30.0 Å². The molecule has 0 radical (unpaired) electrons. The van der Waals surface area contributed by atoms with Crippen LogP contribution in [0.1, 0.15) is 51.9 Å². The number of hydrogen-bond donors (Lipinski definition) is 0. The molecule has 78 valence electrons. The van der Waals surface area contributed by atoms with Gasteiger partial charge in [-0.05, 0) is 37.8 Å². The van der Waals surface area contributed by atoms with Gasteiger partial charge in [0.1, 0.15) is 0 Å². The standard InChI is InChI=1S/C14H22/c1-2-3-4-5-6-8-11-14-12-9-7-10-13-14/h2,4,6,8,14H,5,7,9-13H2,1H3. The van der Waals surface area contributed by atoms with Gasteiger partial charge in [-0.2, -0.15) is 0 Å². The fraction of sp³-hybridized carbons (Fsp3) is 0.643. The highest BCUT2D eigenvalue weighted by Gasteiger charge is 2.10. The van der Waals surface area contributed by atoms with E-state index in [0.717, 1.165) is 12.3 Å². The van der Waals surface area contributed by atoms with Gasteiger partial charge in [0.25, 0.3) is 0 Å². The third kappa shape index (κ3) is 5.09. The Morgan fingerprint density at radius 2 is 1.93 bits per heavy atom. The van der Waals surface area contributed by atoms with Crippen LogP contribution in [0.3, 0.4) is 0 Å². The van der Waals surface area contributed by atoms with E-state index in [1.807, 2.05) is 13.0 Å². The maximum Gasteiger partial charge on any atom is -0.00930 e. The highest BCUT2D eigenvalue weighted by atomic mass is 14.2. The minimum atomic E-state index is 0.977. The topological polar surface area (TPSA) is 0 Å². The molecule has 0 aromatic carbocycles. The molecule has 0 N–H and O–H groups in total. The molecule has 0 unspecified atom stereocenters. The lowest BCUT2D eigenvalue weighted by Crippen LogP contribution is -2.04. The van der Waals surface area contributed by atoms with Gasteiger partial charge in [0.2, 0.25) is 0 Å². The Labute approximate surface area is 88.4 Å². The summed E-state index contributed by atoms with van der Waals surface area (Å²) >= 11 is 0. The minimum Gasteiger partial charge on any atom is -0.130 e. The van der Waals surface area contributed by atoms with Crippen molar-refractivity contribution in [1.82, 2.24) is 0 Å². The second-order valence-electron chi connectivity index (χ2n) is 4.11.